The molecule has 0 atom stereocenters. The molecule has 1 amide bonds. The molecule has 5 rings (SSSR count). The molecule has 0 saturated heterocycles. The van der Waals surface area contributed by atoms with Crippen LogP contribution in [0.15, 0.2) is 85.1 Å². The van der Waals surface area contributed by atoms with Crippen molar-refractivity contribution in [2.24, 2.45) is 0 Å². The van der Waals surface area contributed by atoms with Crippen LogP contribution in [0.25, 0.3) is 28.0 Å². The number of benzene rings is 3. The average molecular weight is 466 g/mol. The summed E-state index contributed by atoms with van der Waals surface area (Å²) in [7, 11) is 1.62. The first-order valence-corrected chi connectivity index (χ1v) is 11.6. The van der Waals surface area contributed by atoms with Gasteiger partial charge in [0.2, 0.25) is 0 Å². The average Bonchev–Trinajstić information content (AvgIpc) is 3.48. The minimum atomic E-state index is -0.166. The van der Waals surface area contributed by atoms with Crippen molar-refractivity contribution >= 4 is 16.9 Å². The maximum absolute atomic E-state index is 13.3. The lowest BCUT2D eigenvalue weighted by Crippen LogP contribution is -2.25. The van der Waals surface area contributed by atoms with Crippen LogP contribution in [0, 0.1) is 6.92 Å². The van der Waals surface area contributed by atoms with E-state index in [9.17, 15) is 4.79 Å². The molecule has 7 nitrogen and oxygen atoms in total. The van der Waals surface area contributed by atoms with Crippen molar-refractivity contribution in [3.63, 3.8) is 0 Å². The summed E-state index contributed by atoms with van der Waals surface area (Å²) in [5.74, 6) is 1.47. The number of para-hydroxylation sites is 4. The number of amides is 1. The van der Waals surface area contributed by atoms with Crippen LogP contribution in [0.4, 0.5) is 0 Å². The van der Waals surface area contributed by atoms with Gasteiger partial charge < -0.3 is 14.6 Å². The second kappa shape index (κ2) is 9.85. The number of methoxy groups -OCH3 is 1. The maximum atomic E-state index is 13.3. The Balaban J connectivity index is 1.36. The van der Waals surface area contributed by atoms with Gasteiger partial charge in [0.15, 0.2) is 0 Å². The summed E-state index contributed by atoms with van der Waals surface area (Å²) in [6, 6.07) is 25.5. The van der Waals surface area contributed by atoms with Crippen molar-refractivity contribution < 1.29 is 9.53 Å². The normalized spacial score (nSPS) is 11.0. The van der Waals surface area contributed by atoms with Gasteiger partial charge in [-0.2, -0.15) is 5.10 Å². The Labute approximate surface area is 204 Å². The second-order valence-electron chi connectivity index (χ2n) is 8.28. The number of carbonyl (C=O) groups is 1. The number of fused-ring (bicyclic) bond motifs is 1. The van der Waals surface area contributed by atoms with Gasteiger partial charge in [-0.3, -0.25) is 4.79 Å². The topological polar surface area (TPSA) is 74.0 Å². The standard InChI is InChI=1S/C28H27N5O2/c1-20-30-24-14-7-8-15-25(24)32(20)18-10-17-29-28(34)23-19-33(21-11-4-3-5-12-21)31-27(23)22-13-6-9-16-26(22)35-2/h3-9,11-16,19H,10,17-18H2,1-2H3,(H,29,34). The summed E-state index contributed by atoms with van der Waals surface area (Å²) < 4.78 is 9.47. The molecule has 0 saturated carbocycles. The Morgan fingerprint density at radius 3 is 2.54 bits per heavy atom. The molecule has 5 aromatic rings. The van der Waals surface area contributed by atoms with E-state index in [-0.39, 0.29) is 5.91 Å². The van der Waals surface area contributed by atoms with E-state index >= 15 is 0 Å². The van der Waals surface area contributed by atoms with Crippen LogP contribution in [-0.4, -0.2) is 38.9 Å². The number of hydrogen-bond acceptors (Lipinski definition) is 4. The zero-order valence-corrected chi connectivity index (χ0v) is 19.8. The molecule has 0 aliphatic rings. The van der Waals surface area contributed by atoms with E-state index in [1.165, 1.54) is 0 Å². The molecule has 0 unspecified atom stereocenters. The van der Waals surface area contributed by atoms with Crippen LogP contribution in [0.1, 0.15) is 22.6 Å². The molecule has 0 radical (unpaired) electrons. The van der Waals surface area contributed by atoms with Gasteiger partial charge in [-0.05, 0) is 49.7 Å². The molecule has 0 bridgehead atoms. The third kappa shape index (κ3) is 4.53. The van der Waals surface area contributed by atoms with Crippen LogP contribution in [0.2, 0.25) is 0 Å². The number of rotatable bonds is 8. The van der Waals surface area contributed by atoms with Gasteiger partial charge in [0, 0.05) is 24.8 Å². The molecule has 35 heavy (non-hydrogen) atoms. The second-order valence-corrected chi connectivity index (χ2v) is 8.28. The number of imidazole rings is 1. The highest BCUT2D eigenvalue weighted by molar-refractivity contribution is 6.00. The minimum Gasteiger partial charge on any atom is -0.496 e. The molecule has 2 aromatic heterocycles. The van der Waals surface area contributed by atoms with E-state index < -0.39 is 0 Å². The summed E-state index contributed by atoms with van der Waals surface area (Å²) in [5, 5.41) is 7.83. The summed E-state index contributed by atoms with van der Waals surface area (Å²) in [5.41, 5.74) is 4.84. The Bertz CT molecular complexity index is 1470. The number of nitrogens with one attached hydrogen (secondary N) is 1. The van der Waals surface area contributed by atoms with Gasteiger partial charge in [-0.15, -0.1) is 0 Å². The van der Waals surface area contributed by atoms with Crippen molar-refractivity contribution in [3.05, 3.63) is 96.4 Å². The van der Waals surface area contributed by atoms with Gasteiger partial charge in [0.25, 0.3) is 5.91 Å². The summed E-state index contributed by atoms with van der Waals surface area (Å²) in [6.45, 7) is 3.32. The Hall–Kier alpha value is -4.39. The van der Waals surface area contributed by atoms with Crippen LogP contribution in [0.3, 0.4) is 0 Å². The van der Waals surface area contributed by atoms with Gasteiger partial charge in [0.05, 0.1) is 29.4 Å². The predicted molar refractivity (Wildman–Crippen MR) is 137 cm³/mol. The SMILES string of the molecule is COc1ccccc1-c1nn(-c2ccccc2)cc1C(=O)NCCCn1c(C)nc2ccccc21. The van der Waals surface area contributed by atoms with E-state index in [0.29, 0.717) is 23.6 Å². The van der Waals surface area contributed by atoms with E-state index in [0.717, 1.165) is 41.1 Å². The monoisotopic (exact) mass is 465 g/mol. The lowest BCUT2D eigenvalue weighted by Gasteiger charge is -2.10. The van der Waals surface area contributed by atoms with Crippen molar-refractivity contribution in [1.82, 2.24) is 24.6 Å². The third-order valence-corrected chi connectivity index (χ3v) is 6.03. The number of hydrogen-bond donors (Lipinski definition) is 1. The van der Waals surface area contributed by atoms with E-state index in [4.69, 9.17) is 9.84 Å². The Morgan fingerprint density at radius 2 is 1.71 bits per heavy atom. The summed E-state index contributed by atoms with van der Waals surface area (Å²) in [4.78, 5) is 17.9. The van der Waals surface area contributed by atoms with E-state index in [1.54, 1.807) is 18.0 Å². The molecule has 176 valence electrons. The summed E-state index contributed by atoms with van der Waals surface area (Å²) in [6.07, 6.45) is 2.56. The van der Waals surface area contributed by atoms with Crippen molar-refractivity contribution in [2.75, 3.05) is 13.7 Å². The summed E-state index contributed by atoms with van der Waals surface area (Å²) >= 11 is 0. The lowest BCUT2D eigenvalue weighted by molar-refractivity contribution is 0.0953. The molecule has 0 aliphatic carbocycles. The van der Waals surface area contributed by atoms with Crippen LogP contribution in [0.5, 0.6) is 5.75 Å². The van der Waals surface area contributed by atoms with Crippen molar-refractivity contribution in [2.45, 2.75) is 19.9 Å². The number of aryl methyl sites for hydroxylation is 2. The van der Waals surface area contributed by atoms with E-state index in [1.807, 2.05) is 79.7 Å². The first-order valence-electron chi connectivity index (χ1n) is 11.6. The number of nitrogens with zero attached hydrogens (tertiary/aromatic N) is 4. The molecule has 1 N–H and O–H groups in total. The quantitative estimate of drug-likeness (QED) is 0.326. The number of aromatic nitrogens is 4. The smallest absolute Gasteiger partial charge is 0.255 e. The maximum Gasteiger partial charge on any atom is 0.255 e. The molecule has 0 aliphatic heterocycles. The van der Waals surface area contributed by atoms with E-state index in [2.05, 4.69) is 20.9 Å². The zero-order chi connectivity index (χ0) is 24.2. The van der Waals surface area contributed by atoms with Gasteiger partial charge >= 0.3 is 0 Å². The lowest BCUT2D eigenvalue weighted by atomic mass is 10.1. The number of ether oxygens (including phenoxy) is 1. The van der Waals surface area contributed by atoms with Gasteiger partial charge in [-0.1, -0.05) is 42.5 Å². The first kappa shape index (κ1) is 22.4. The van der Waals surface area contributed by atoms with Gasteiger partial charge in [-0.25, -0.2) is 9.67 Å². The highest BCUT2D eigenvalue weighted by Gasteiger charge is 2.21. The molecule has 7 heteroatoms. The molecule has 0 fully saturated rings. The molecule has 3 aromatic carbocycles. The molecular weight excluding hydrogens is 438 g/mol. The fourth-order valence-electron chi connectivity index (χ4n) is 4.30. The fraction of sp³-hybridized carbons (Fsp3) is 0.179. The Kier molecular flexibility index (Phi) is 6.30. The molecular formula is C28H27N5O2. The molecule has 2 heterocycles. The van der Waals surface area contributed by atoms with Gasteiger partial charge in [0.1, 0.15) is 17.3 Å². The first-order chi connectivity index (χ1) is 17.2. The number of carbonyl (C=O) groups excluding carboxylic acids is 1. The highest BCUT2D eigenvalue weighted by Crippen LogP contribution is 2.31. The van der Waals surface area contributed by atoms with Crippen LogP contribution < -0.4 is 10.1 Å². The third-order valence-electron chi connectivity index (χ3n) is 6.03. The largest absolute Gasteiger partial charge is 0.496 e. The van der Waals surface area contributed by atoms with Crippen LogP contribution >= 0.6 is 0 Å². The van der Waals surface area contributed by atoms with Crippen molar-refractivity contribution in [1.29, 1.82) is 0 Å². The Morgan fingerprint density at radius 1 is 0.971 bits per heavy atom. The van der Waals surface area contributed by atoms with Crippen LogP contribution in [-0.2, 0) is 6.54 Å². The minimum absolute atomic E-state index is 0.166. The molecule has 0 spiro atoms. The fourth-order valence-corrected chi connectivity index (χ4v) is 4.30. The van der Waals surface area contributed by atoms with Crippen molar-refractivity contribution in [3.8, 4) is 22.7 Å². The zero-order valence-electron chi connectivity index (χ0n) is 19.8. The predicted octanol–water partition coefficient (Wildman–Crippen LogP) is 5.03. The highest BCUT2D eigenvalue weighted by atomic mass is 16.5.